The topological polar surface area (TPSA) is 69.4 Å². The third-order valence-electron chi connectivity index (χ3n) is 1.58. The lowest BCUT2D eigenvalue weighted by molar-refractivity contribution is -0.419. The second-order valence-corrected chi connectivity index (χ2v) is 2.57. The molecule has 0 heterocycles. The molecule has 5 heteroatoms. The summed E-state index contributed by atoms with van der Waals surface area (Å²) in [5, 5.41) is 10.5. The Balaban J connectivity index is 2.76. The van der Waals surface area contributed by atoms with E-state index in [1.807, 2.05) is 0 Å². The Bertz CT molecular complexity index is 328. The standard InChI is InChI=1S/C9H9NO4/c11-5-6-14-9-4-2-1-3-8(7-9)10(12)13/h1-3,5,7H,4,6H2. The molecule has 0 aromatic carbocycles. The van der Waals surface area contributed by atoms with Crippen LogP contribution in [0.2, 0.25) is 0 Å². The number of ether oxygens (including phenoxy) is 1. The average Bonchev–Trinajstić information content (AvgIpc) is 2.39. The van der Waals surface area contributed by atoms with Gasteiger partial charge in [-0.2, -0.15) is 0 Å². The van der Waals surface area contributed by atoms with Crippen LogP contribution in [-0.2, 0) is 9.53 Å². The van der Waals surface area contributed by atoms with Crippen LogP contribution in [0.15, 0.2) is 35.8 Å². The van der Waals surface area contributed by atoms with E-state index in [4.69, 9.17) is 4.74 Å². The highest BCUT2D eigenvalue weighted by Crippen LogP contribution is 2.13. The van der Waals surface area contributed by atoms with E-state index in [2.05, 4.69) is 0 Å². The molecule has 1 rings (SSSR count). The Morgan fingerprint density at radius 1 is 1.64 bits per heavy atom. The first-order chi connectivity index (χ1) is 6.74. The van der Waals surface area contributed by atoms with Crippen LogP contribution in [-0.4, -0.2) is 17.8 Å². The van der Waals surface area contributed by atoms with Crippen molar-refractivity contribution in [3.63, 3.8) is 0 Å². The van der Waals surface area contributed by atoms with E-state index in [-0.39, 0.29) is 12.3 Å². The van der Waals surface area contributed by atoms with Gasteiger partial charge >= 0.3 is 0 Å². The Kier molecular flexibility index (Phi) is 3.60. The molecule has 0 unspecified atom stereocenters. The van der Waals surface area contributed by atoms with Gasteiger partial charge in [-0.1, -0.05) is 12.2 Å². The lowest BCUT2D eigenvalue weighted by Gasteiger charge is -2.02. The first kappa shape index (κ1) is 10.2. The summed E-state index contributed by atoms with van der Waals surface area (Å²) in [6.07, 6.45) is 7.09. The minimum absolute atomic E-state index is 0.0420. The van der Waals surface area contributed by atoms with Gasteiger partial charge in [0.2, 0.25) is 0 Å². The summed E-state index contributed by atoms with van der Waals surface area (Å²) in [5.41, 5.74) is -0.0420. The molecule has 1 aliphatic rings. The largest absolute Gasteiger partial charge is 0.490 e. The third kappa shape index (κ3) is 2.85. The van der Waals surface area contributed by atoms with Crippen LogP contribution >= 0.6 is 0 Å². The Morgan fingerprint density at radius 3 is 3.07 bits per heavy atom. The third-order valence-corrected chi connectivity index (χ3v) is 1.58. The highest BCUT2D eigenvalue weighted by molar-refractivity contribution is 5.50. The molecule has 0 amide bonds. The summed E-state index contributed by atoms with van der Waals surface area (Å²) in [6, 6.07) is 0. The van der Waals surface area contributed by atoms with Gasteiger partial charge in [0.05, 0.1) is 11.0 Å². The molecule has 0 aliphatic heterocycles. The maximum absolute atomic E-state index is 10.5. The summed E-state index contributed by atoms with van der Waals surface area (Å²) in [5.74, 6) is 0.425. The number of allylic oxidation sites excluding steroid dienone is 4. The molecule has 0 spiro atoms. The summed E-state index contributed by atoms with van der Waals surface area (Å²) >= 11 is 0. The van der Waals surface area contributed by atoms with Gasteiger partial charge in [-0.15, -0.1) is 0 Å². The molecule has 0 atom stereocenters. The molecule has 0 N–H and O–H groups in total. The van der Waals surface area contributed by atoms with Crippen molar-refractivity contribution in [2.75, 3.05) is 6.61 Å². The van der Waals surface area contributed by atoms with Crippen LogP contribution in [0.3, 0.4) is 0 Å². The van der Waals surface area contributed by atoms with Crippen molar-refractivity contribution >= 4 is 6.29 Å². The van der Waals surface area contributed by atoms with Crippen molar-refractivity contribution in [1.82, 2.24) is 0 Å². The van der Waals surface area contributed by atoms with E-state index < -0.39 is 4.92 Å². The summed E-state index contributed by atoms with van der Waals surface area (Å²) in [6.45, 7) is -0.0787. The molecule has 0 saturated carbocycles. The number of hydrogen-bond donors (Lipinski definition) is 0. The highest BCUT2D eigenvalue weighted by Gasteiger charge is 2.10. The number of aldehydes is 1. The summed E-state index contributed by atoms with van der Waals surface area (Å²) in [4.78, 5) is 20.0. The first-order valence-electron chi connectivity index (χ1n) is 4.02. The molecule has 0 aromatic heterocycles. The van der Waals surface area contributed by atoms with Crippen molar-refractivity contribution in [3.8, 4) is 0 Å². The molecule has 1 aliphatic carbocycles. The molecule has 0 saturated heterocycles. The van der Waals surface area contributed by atoms with Gasteiger partial charge < -0.3 is 4.74 Å². The minimum Gasteiger partial charge on any atom is -0.490 e. The highest BCUT2D eigenvalue weighted by atomic mass is 16.6. The molecule has 5 nitrogen and oxygen atoms in total. The van der Waals surface area contributed by atoms with Crippen LogP contribution in [0.5, 0.6) is 0 Å². The van der Waals surface area contributed by atoms with Crippen molar-refractivity contribution in [1.29, 1.82) is 0 Å². The van der Waals surface area contributed by atoms with E-state index >= 15 is 0 Å². The van der Waals surface area contributed by atoms with Crippen LogP contribution in [0, 0.1) is 10.1 Å². The normalized spacial score (nSPS) is 15.1. The van der Waals surface area contributed by atoms with Crippen LogP contribution < -0.4 is 0 Å². The number of hydrogen-bond acceptors (Lipinski definition) is 4. The van der Waals surface area contributed by atoms with Crippen molar-refractivity contribution in [3.05, 3.63) is 45.9 Å². The van der Waals surface area contributed by atoms with E-state index in [1.165, 1.54) is 12.2 Å². The molecule has 0 bridgehead atoms. The Morgan fingerprint density at radius 2 is 2.43 bits per heavy atom. The molecule has 0 aromatic rings. The van der Waals surface area contributed by atoms with E-state index in [1.54, 1.807) is 12.2 Å². The SMILES string of the molecule is O=CCOC1=CC([N+](=O)[O-])=CC=CC1. The first-order valence-corrected chi connectivity index (χ1v) is 4.02. The van der Waals surface area contributed by atoms with Gasteiger partial charge in [0.15, 0.2) is 6.29 Å². The zero-order valence-electron chi connectivity index (χ0n) is 7.38. The van der Waals surface area contributed by atoms with Crippen LogP contribution in [0.1, 0.15) is 6.42 Å². The van der Waals surface area contributed by atoms with E-state index in [0.717, 1.165) is 0 Å². The van der Waals surface area contributed by atoms with Crippen LogP contribution in [0.25, 0.3) is 0 Å². The van der Waals surface area contributed by atoms with Crippen LogP contribution in [0.4, 0.5) is 0 Å². The van der Waals surface area contributed by atoms with Gasteiger partial charge in [-0.25, -0.2) is 0 Å². The average molecular weight is 195 g/mol. The number of rotatable bonds is 4. The maximum atomic E-state index is 10.5. The van der Waals surface area contributed by atoms with E-state index in [0.29, 0.717) is 18.5 Å². The van der Waals surface area contributed by atoms with Crippen molar-refractivity contribution in [2.24, 2.45) is 0 Å². The molecular weight excluding hydrogens is 186 g/mol. The van der Waals surface area contributed by atoms with E-state index in [9.17, 15) is 14.9 Å². The smallest absolute Gasteiger partial charge is 0.272 e. The lowest BCUT2D eigenvalue weighted by Crippen LogP contribution is -1.99. The zero-order valence-corrected chi connectivity index (χ0v) is 7.38. The maximum Gasteiger partial charge on any atom is 0.272 e. The number of carbonyl (C=O) groups excluding carboxylic acids is 1. The van der Waals surface area contributed by atoms with Gasteiger partial charge in [0.1, 0.15) is 12.4 Å². The fourth-order valence-electron chi connectivity index (χ4n) is 0.978. The van der Waals surface area contributed by atoms with Crippen molar-refractivity contribution < 1.29 is 14.5 Å². The second kappa shape index (κ2) is 4.96. The van der Waals surface area contributed by atoms with Gasteiger partial charge in [0.25, 0.3) is 5.70 Å². The summed E-state index contributed by atoms with van der Waals surface area (Å²) < 4.78 is 4.99. The Labute approximate surface area is 80.5 Å². The fraction of sp³-hybridized carbons (Fsp3) is 0.222. The number of carbonyl (C=O) groups is 1. The predicted octanol–water partition coefficient (Wildman–Crippen LogP) is 1.21. The van der Waals surface area contributed by atoms with Gasteiger partial charge in [0, 0.05) is 12.5 Å². The lowest BCUT2D eigenvalue weighted by atomic mass is 10.3. The number of nitrogens with zero attached hydrogens (tertiary/aromatic N) is 1. The summed E-state index contributed by atoms with van der Waals surface area (Å²) in [7, 11) is 0. The zero-order chi connectivity index (χ0) is 10.4. The molecule has 0 radical (unpaired) electrons. The second-order valence-electron chi connectivity index (χ2n) is 2.57. The molecular formula is C9H9NO4. The molecule has 14 heavy (non-hydrogen) atoms. The van der Waals surface area contributed by atoms with Crippen molar-refractivity contribution in [2.45, 2.75) is 6.42 Å². The quantitative estimate of drug-likeness (QED) is 0.384. The van der Waals surface area contributed by atoms with Gasteiger partial charge in [-0.3, -0.25) is 14.9 Å². The molecule has 0 fully saturated rings. The fourth-order valence-corrected chi connectivity index (χ4v) is 0.978. The minimum atomic E-state index is -0.500. The molecule has 74 valence electrons. The predicted molar refractivity (Wildman–Crippen MR) is 48.9 cm³/mol. The monoisotopic (exact) mass is 195 g/mol. The van der Waals surface area contributed by atoms with Gasteiger partial charge in [-0.05, 0) is 0 Å². The number of nitro groups is 1. The Hall–Kier alpha value is -1.91.